The molecule has 1 aromatic heterocycles. The average molecular weight is 329 g/mol. The molecule has 6 heteroatoms. The van der Waals surface area contributed by atoms with E-state index in [4.69, 9.17) is 9.84 Å². The van der Waals surface area contributed by atoms with Gasteiger partial charge in [0.25, 0.3) is 0 Å². The van der Waals surface area contributed by atoms with Crippen molar-refractivity contribution >= 4 is 11.7 Å². The summed E-state index contributed by atoms with van der Waals surface area (Å²) in [5.74, 6) is 0.491. The Morgan fingerprint density at radius 1 is 1.42 bits per heavy atom. The van der Waals surface area contributed by atoms with Gasteiger partial charge in [-0.15, -0.1) is 0 Å². The third kappa shape index (κ3) is 3.69. The number of carboxylic acids is 1. The molecule has 0 amide bonds. The lowest BCUT2D eigenvalue weighted by atomic mass is 9.97. The van der Waals surface area contributed by atoms with Crippen molar-refractivity contribution in [3.8, 4) is 5.75 Å². The molecule has 2 aromatic rings. The van der Waals surface area contributed by atoms with Crippen molar-refractivity contribution < 1.29 is 14.6 Å². The van der Waals surface area contributed by atoms with Gasteiger partial charge in [0, 0.05) is 43.6 Å². The predicted octanol–water partition coefficient (Wildman–Crippen LogP) is 2.75. The minimum Gasteiger partial charge on any atom is -0.494 e. The summed E-state index contributed by atoms with van der Waals surface area (Å²) in [6, 6.07) is 6.13. The number of anilines is 1. The number of fused-ring (bicyclic) bond motifs is 1. The highest BCUT2D eigenvalue weighted by molar-refractivity contribution is 5.69. The second-order valence-corrected chi connectivity index (χ2v) is 6.03. The van der Waals surface area contributed by atoms with Gasteiger partial charge in [-0.1, -0.05) is 0 Å². The van der Waals surface area contributed by atoms with Crippen LogP contribution in [0.25, 0.3) is 0 Å². The number of aliphatic carboxylic acids is 1. The summed E-state index contributed by atoms with van der Waals surface area (Å²) in [6.45, 7) is 4.91. The molecule has 6 nitrogen and oxygen atoms in total. The van der Waals surface area contributed by atoms with Crippen LogP contribution in [0.4, 0.5) is 5.69 Å². The number of ether oxygens (including phenoxy) is 1. The standard InChI is InChI=1S/C18H23N3O3/c1-2-24-15-3-4-17-16(11-15)14(5-8-20-10-7-19-13-20)12-21(17)9-6-18(22)23/h3-4,7,10-11,13-14H,2,5-6,8-9,12H2,1H3,(H,22,23). The van der Waals surface area contributed by atoms with Crippen LogP contribution in [0.1, 0.15) is 31.2 Å². The van der Waals surface area contributed by atoms with Crippen LogP contribution in [0.2, 0.25) is 0 Å². The van der Waals surface area contributed by atoms with E-state index < -0.39 is 5.97 Å². The molecular weight excluding hydrogens is 306 g/mol. The first-order chi connectivity index (χ1) is 11.7. The third-order valence-corrected chi connectivity index (χ3v) is 4.42. The van der Waals surface area contributed by atoms with Crippen LogP contribution in [0.15, 0.2) is 36.9 Å². The molecule has 1 aliphatic heterocycles. The summed E-state index contributed by atoms with van der Waals surface area (Å²) in [5.41, 5.74) is 2.39. The van der Waals surface area contributed by atoms with E-state index in [1.807, 2.05) is 25.5 Å². The van der Waals surface area contributed by atoms with Crippen LogP contribution in [0.5, 0.6) is 5.75 Å². The van der Waals surface area contributed by atoms with E-state index in [1.54, 1.807) is 6.20 Å². The van der Waals surface area contributed by atoms with Gasteiger partial charge in [-0.25, -0.2) is 4.98 Å². The Balaban J connectivity index is 1.77. The van der Waals surface area contributed by atoms with Crippen molar-refractivity contribution in [1.29, 1.82) is 0 Å². The fraction of sp³-hybridized carbons (Fsp3) is 0.444. The third-order valence-electron chi connectivity index (χ3n) is 4.42. The lowest BCUT2D eigenvalue weighted by Gasteiger charge is -2.19. The van der Waals surface area contributed by atoms with Gasteiger partial charge in [0.2, 0.25) is 0 Å². The Morgan fingerprint density at radius 2 is 2.29 bits per heavy atom. The van der Waals surface area contributed by atoms with Gasteiger partial charge in [-0.3, -0.25) is 4.79 Å². The zero-order valence-corrected chi connectivity index (χ0v) is 13.9. The molecule has 1 N–H and O–H groups in total. The van der Waals surface area contributed by atoms with Gasteiger partial charge in [0.05, 0.1) is 19.4 Å². The first-order valence-corrected chi connectivity index (χ1v) is 8.36. The second-order valence-electron chi connectivity index (χ2n) is 6.03. The predicted molar refractivity (Wildman–Crippen MR) is 91.7 cm³/mol. The number of carbonyl (C=O) groups is 1. The topological polar surface area (TPSA) is 67.6 Å². The van der Waals surface area contributed by atoms with Crippen molar-refractivity contribution in [2.24, 2.45) is 0 Å². The molecule has 1 aliphatic rings. The van der Waals surface area contributed by atoms with E-state index in [2.05, 4.69) is 26.6 Å². The Kier molecular flexibility index (Phi) is 5.03. The number of hydrogen-bond acceptors (Lipinski definition) is 4. The minimum absolute atomic E-state index is 0.154. The molecule has 3 rings (SSSR count). The molecule has 0 saturated heterocycles. The van der Waals surface area contributed by atoms with Crippen molar-refractivity contribution in [3.05, 3.63) is 42.5 Å². The largest absolute Gasteiger partial charge is 0.494 e. The van der Waals surface area contributed by atoms with E-state index >= 15 is 0 Å². The highest BCUT2D eigenvalue weighted by Gasteiger charge is 2.29. The Bertz CT molecular complexity index is 685. The molecule has 0 saturated carbocycles. The zero-order valence-electron chi connectivity index (χ0n) is 13.9. The van der Waals surface area contributed by atoms with Crippen LogP contribution >= 0.6 is 0 Å². The first kappa shape index (κ1) is 16.4. The molecule has 0 aliphatic carbocycles. The molecule has 2 heterocycles. The van der Waals surface area contributed by atoms with E-state index in [1.165, 1.54) is 5.56 Å². The Morgan fingerprint density at radius 3 is 3.00 bits per heavy atom. The number of carboxylic acid groups (broad SMARTS) is 1. The Hall–Kier alpha value is -2.50. The number of aryl methyl sites for hydroxylation is 1. The highest BCUT2D eigenvalue weighted by Crippen LogP contribution is 2.40. The SMILES string of the molecule is CCOc1ccc2c(c1)C(CCn1ccnc1)CN2CCC(=O)O. The van der Waals surface area contributed by atoms with E-state index in [0.717, 1.165) is 30.9 Å². The highest BCUT2D eigenvalue weighted by atomic mass is 16.5. The van der Waals surface area contributed by atoms with Crippen molar-refractivity contribution in [1.82, 2.24) is 9.55 Å². The summed E-state index contributed by atoms with van der Waals surface area (Å²) in [5, 5.41) is 8.97. The molecule has 24 heavy (non-hydrogen) atoms. The molecule has 1 unspecified atom stereocenters. The second kappa shape index (κ2) is 7.38. The first-order valence-electron chi connectivity index (χ1n) is 8.36. The summed E-state index contributed by atoms with van der Waals surface area (Å²) in [4.78, 5) is 17.2. The summed E-state index contributed by atoms with van der Waals surface area (Å²) < 4.78 is 7.71. The smallest absolute Gasteiger partial charge is 0.305 e. The zero-order chi connectivity index (χ0) is 16.9. The number of hydrogen-bond donors (Lipinski definition) is 1. The van der Waals surface area contributed by atoms with Crippen LogP contribution in [0.3, 0.4) is 0 Å². The van der Waals surface area contributed by atoms with Gasteiger partial charge < -0.3 is 19.3 Å². The summed E-state index contributed by atoms with van der Waals surface area (Å²) in [6.07, 6.45) is 6.72. The molecule has 1 aromatic carbocycles. The van der Waals surface area contributed by atoms with E-state index in [9.17, 15) is 4.79 Å². The number of imidazole rings is 1. The molecule has 128 valence electrons. The maximum absolute atomic E-state index is 10.9. The average Bonchev–Trinajstić information content (AvgIpc) is 3.19. The molecular formula is C18H23N3O3. The number of rotatable bonds is 8. The molecule has 0 bridgehead atoms. The number of nitrogens with zero attached hydrogens (tertiary/aromatic N) is 3. The quantitative estimate of drug-likeness (QED) is 0.806. The molecule has 1 atom stereocenters. The normalized spacial score (nSPS) is 16.2. The molecule has 0 radical (unpaired) electrons. The maximum atomic E-state index is 10.9. The minimum atomic E-state index is -0.760. The summed E-state index contributed by atoms with van der Waals surface area (Å²) in [7, 11) is 0. The van der Waals surface area contributed by atoms with Crippen LogP contribution in [0, 0.1) is 0 Å². The van der Waals surface area contributed by atoms with Crippen molar-refractivity contribution in [2.45, 2.75) is 32.2 Å². The van der Waals surface area contributed by atoms with Gasteiger partial charge in [-0.2, -0.15) is 0 Å². The van der Waals surface area contributed by atoms with E-state index in [0.29, 0.717) is 19.1 Å². The lowest BCUT2D eigenvalue weighted by Crippen LogP contribution is -2.25. The van der Waals surface area contributed by atoms with Crippen molar-refractivity contribution in [2.75, 3.05) is 24.6 Å². The molecule has 0 fully saturated rings. The fourth-order valence-corrected chi connectivity index (χ4v) is 3.28. The maximum Gasteiger partial charge on any atom is 0.305 e. The van der Waals surface area contributed by atoms with Gasteiger partial charge in [0.1, 0.15) is 5.75 Å². The van der Waals surface area contributed by atoms with Crippen LogP contribution in [-0.4, -0.2) is 40.3 Å². The number of benzene rings is 1. The summed E-state index contributed by atoms with van der Waals surface area (Å²) >= 11 is 0. The number of aromatic nitrogens is 2. The van der Waals surface area contributed by atoms with Crippen molar-refractivity contribution in [3.63, 3.8) is 0 Å². The Labute approximate surface area is 141 Å². The van der Waals surface area contributed by atoms with Crippen LogP contribution in [-0.2, 0) is 11.3 Å². The fourth-order valence-electron chi connectivity index (χ4n) is 3.28. The lowest BCUT2D eigenvalue weighted by molar-refractivity contribution is -0.136. The van der Waals surface area contributed by atoms with Crippen LogP contribution < -0.4 is 9.64 Å². The van der Waals surface area contributed by atoms with Gasteiger partial charge in [-0.05, 0) is 37.1 Å². The van der Waals surface area contributed by atoms with E-state index in [-0.39, 0.29) is 6.42 Å². The van der Waals surface area contributed by atoms with Gasteiger partial charge in [0.15, 0.2) is 0 Å². The van der Waals surface area contributed by atoms with Gasteiger partial charge >= 0.3 is 5.97 Å². The monoisotopic (exact) mass is 329 g/mol. The molecule has 0 spiro atoms.